The molecule has 0 aromatic heterocycles. The Morgan fingerprint density at radius 1 is 1.00 bits per heavy atom. The van der Waals surface area contributed by atoms with Crippen LogP contribution in [0.3, 0.4) is 0 Å². The quantitative estimate of drug-likeness (QED) is 0.233. The maximum atomic E-state index is 13.0. The number of urea groups is 1. The van der Waals surface area contributed by atoms with Gasteiger partial charge in [0, 0.05) is 14.6 Å². The summed E-state index contributed by atoms with van der Waals surface area (Å²) in [7, 11) is 0. The second-order valence-electron chi connectivity index (χ2n) is 7.96. The minimum Gasteiger partial charge on any atom is -0.490 e. The first-order valence-electron chi connectivity index (χ1n) is 11.4. The lowest BCUT2D eigenvalue weighted by molar-refractivity contribution is -0.123. The highest BCUT2D eigenvalue weighted by Gasteiger charge is 2.33. The van der Waals surface area contributed by atoms with E-state index in [9.17, 15) is 14.4 Å². The zero-order chi connectivity index (χ0) is 26.4. The number of imide groups is 1. The molecule has 1 heterocycles. The molecule has 8 nitrogen and oxygen atoms in total. The smallest absolute Gasteiger partial charge is 0.329 e. The molecule has 4 rings (SSSR count). The molecular formula is C27H23Br2N3O5. The predicted molar refractivity (Wildman–Crippen MR) is 147 cm³/mol. The lowest BCUT2D eigenvalue weighted by Crippen LogP contribution is -2.30. The van der Waals surface area contributed by atoms with Crippen LogP contribution in [0, 0.1) is 0 Å². The number of halogens is 2. The summed E-state index contributed by atoms with van der Waals surface area (Å²) in [5, 5.41) is 5.39. The third-order valence-electron chi connectivity index (χ3n) is 5.30. The van der Waals surface area contributed by atoms with E-state index in [-0.39, 0.29) is 24.8 Å². The molecule has 3 aromatic rings. The van der Waals surface area contributed by atoms with E-state index in [1.807, 2.05) is 49.4 Å². The van der Waals surface area contributed by atoms with Gasteiger partial charge in [-0.15, -0.1) is 0 Å². The number of hydrogen-bond donors (Lipinski definition) is 2. The van der Waals surface area contributed by atoms with Crippen molar-refractivity contribution in [1.82, 2.24) is 10.2 Å². The van der Waals surface area contributed by atoms with E-state index in [1.165, 1.54) is 0 Å². The normalized spacial score (nSPS) is 14.0. The molecule has 2 N–H and O–H groups in total. The van der Waals surface area contributed by atoms with Gasteiger partial charge in [0.05, 0.1) is 13.2 Å². The Hall–Kier alpha value is -3.63. The number of hydrogen-bond acceptors (Lipinski definition) is 5. The number of rotatable bonds is 9. The summed E-state index contributed by atoms with van der Waals surface area (Å²) in [6, 6.07) is 19.3. The van der Waals surface area contributed by atoms with Crippen molar-refractivity contribution in [2.45, 2.75) is 13.5 Å². The minimum atomic E-state index is -0.496. The second-order valence-corrected chi connectivity index (χ2v) is 9.73. The monoisotopic (exact) mass is 627 g/mol. The lowest BCUT2D eigenvalue weighted by Gasteiger charge is -2.14. The molecular weight excluding hydrogens is 606 g/mol. The van der Waals surface area contributed by atoms with E-state index in [4.69, 9.17) is 9.47 Å². The Labute approximate surface area is 230 Å². The van der Waals surface area contributed by atoms with Crippen LogP contribution in [0.25, 0.3) is 6.08 Å². The standard InChI is InChI=1S/C27H23Br2N3O5/c1-2-36-23-13-18(21(29)14-24(23)37-16-25(33)30-20-6-4-3-5-7-20)12-22-26(34)32(27(35)31-22)15-17-8-10-19(28)11-9-17/h3-14H,2,15-16H2,1H3,(H,30,33)(H,31,35)/b22-12+. The van der Waals surface area contributed by atoms with Gasteiger partial charge in [-0.3, -0.25) is 14.5 Å². The maximum Gasteiger partial charge on any atom is 0.329 e. The highest BCUT2D eigenvalue weighted by atomic mass is 79.9. The van der Waals surface area contributed by atoms with Gasteiger partial charge in [-0.1, -0.05) is 62.2 Å². The van der Waals surface area contributed by atoms with Gasteiger partial charge in [-0.2, -0.15) is 0 Å². The Bertz CT molecular complexity index is 1340. The van der Waals surface area contributed by atoms with Crippen LogP contribution in [-0.4, -0.2) is 36.0 Å². The van der Waals surface area contributed by atoms with Gasteiger partial charge in [0.2, 0.25) is 0 Å². The van der Waals surface area contributed by atoms with E-state index >= 15 is 0 Å². The van der Waals surface area contributed by atoms with Crippen LogP contribution in [0.15, 0.2) is 81.4 Å². The van der Waals surface area contributed by atoms with Crippen molar-refractivity contribution in [2.75, 3.05) is 18.5 Å². The molecule has 0 spiro atoms. The fraction of sp³-hybridized carbons (Fsp3) is 0.148. The SMILES string of the molecule is CCOc1cc(/C=C2/NC(=O)N(Cc3ccc(Br)cc3)C2=O)c(Br)cc1OCC(=O)Nc1ccccc1. The number of anilines is 1. The molecule has 4 amide bonds. The van der Waals surface area contributed by atoms with Gasteiger partial charge < -0.3 is 20.1 Å². The molecule has 1 aliphatic heterocycles. The van der Waals surface area contributed by atoms with Gasteiger partial charge in [0.15, 0.2) is 18.1 Å². The number of benzene rings is 3. The third kappa shape index (κ3) is 6.78. The fourth-order valence-electron chi connectivity index (χ4n) is 3.55. The molecule has 1 fully saturated rings. The van der Waals surface area contributed by atoms with Crippen LogP contribution in [0.1, 0.15) is 18.1 Å². The van der Waals surface area contributed by atoms with Crippen molar-refractivity contribution in [1.29, 1.82) is 0 Å². The third-order valence-corrected chi connectivity index (χ3v) is 6.51. The zero-order valence-corrected chi connectivity index (χ0v) is 23.0. The summed E-state index contributed by atoms with van der Waals surface area (Å²) in [5.41, 5.74) is 2.23. The number of nitrogens with one attached hydrogen (secondary N) is 2. The summed E-state index contributed by atoms with van der Waals surface area (Å²) in [6.45, 7) is 2.12. The highest BCUT2D eigenvalue weighted by Crippen LogP contribution is 2.35. The first kappa shape index (κ1) is 26.4. The van der Waals surface area contributed by atoms with Crippen LogP contribution in [0.2, 0.25) is 0 Å². The first-order chi connectivity index (χ1) is 17.8. The Morgan fingerprint density at radius 2 is 1.70 bits per heavy atom. The van der Waals surface area contributed by atoms with Crippen molar-refractivity contribution in [2.24, 2.45) is 0 Å². The molecule has 10 heteroatoms. The zero-order valence-electron chi connectivity index (χ0n) is 19.8. The summed E-state index contributed by atoms with van der Waals surface area (Å²) >= 11 is 6.86. The molecule has 0 saturated carbocycles. The summed E-state index contributed by atoms with van der Waals surface area (Å²) < 4.78 is 12.9. The topological polar surface area (TPSA) is 97.0 Å². The average molecular weight is 629 g/mol. The van der Waals surface area contributed by atoms with Crippen LogP contribution in [0.4, 0.5) is 10.5 Å². The summed E-state index contributed by atoms with van der Waals surface area (Å²) in [5.74, 6) is 0.00284. The van der Waals surface area contributed by atoms with Crippen molar-refractivity contribution in [3.8, 4) is 11.5 Å². The number of ether oxygens (including phenoxy) is 2. The van der Waals surface area contributed by atoms with E-state index in [0.29, 0.717) is 33.8 Å². The molecule has 0 atom stereocenters. The Balaban J connectivity index is 1.49. The van der Waals surface area contributed by atoms with Gasteiger partial charge in [-0.25, -0.2) is 4.79 Å². The predicted octanol–water partition coefficient (Wildman–Crippen LogP) is 5.72. The fourth-order valence-corrected chi connectivity index (χ4v) is 4.25. The van der Waals surface area contributed by atoms with E-state index in [2.05, 4.69) is 42.5 Å². The number of para-hydroxylation sites is 1. The molecule has 190 valence electrons. The van der Waals surface area contributed by atoms with Crippen molar-refractivity contribution in [3.05, 3.63) is 92.5 Å². The number of carbonyl (C=O) groups excluding carboxylic acids is 3. The molecule has 1 aliphatic rings. The Morgan fingerprint density at radius 3 is 2.41 bits per heavy atom. The maximum absolute atomic E-state index is 13.0. The largest absolute Gasteiger partial charge is 0.490 e. The van der Waals surface area contributed by atoms with Crippen LogP contribution >= 0.6 is 31.9 Å². The van der Waals surface area contributed by atoms with Gasteiger partial charge in [-0.05, 0) is 60.5 Å². The summed E-state index contributed by atoms with van der Waals surface area (Å²) in [4.78, 5) is 38.9. The van der Waals surface area contributed by atoms with Crippen molar-refractivity contribution in [3.63, 3.8) is 0 Å². The number of amides is 4. The Kier molecular flexibility index (Phi) is 8.62. The van der Waals surface area contributed by atoms with E-state index in [1.54, 1.807) is 30.3 Å². The molecule has 0 bridgehead atoms. The average Bonchev–Trinajstić information content (AvgIpc) is 3.14. The van der Waals surface area contributed by atoms with Crippen molar-refractivity contribution >= 4 is 61.5 Å². The molecule has 0 radical (unpaired) electrons. The number of carbonyl (C=O) groups is 3. The lowest BCUT2D eigenvalue weighted by atomic mass is 10.1. The van der Waals surface area contributed by atoms with Crippen LogP contribution < -0.4 is 20.1 Å². The van der Waals surface area contributed by atoms with Gasteiger partial charge >= 0.3 is 6.03 Å². The van der Waals surface area contributed by atoms with Crippen LogP contribution in [0.5, 0.6) is 11.5 Å². The second kappa shape index (κ2) is 12.1. The first-order valence-corrected chi connectivity index (χ1v) is 13.0. The van der Waals surface area contributed by atoms with Crippen molar-refractivity contribution < 1.29 is 23.9 Å². The van der Waals surface area contributed by atoms with E-state index < -0.39 is 11.9 Å². The highest BCUT2D eigenvalue weighted by molar-refractivity contribution is 9.10. The molecule has 1 saturated heterocycles. The molecule has 0 unspecified atom stereocenters. The van der Waals surface area contributed by atoms with Crippen LogP contribution in [-0.2, 0) is 16.1 Å². The van der Waals surface area contributed by atoms with Gasteiger partial charge in [0.1, 0.15) is 5.70 Å². The molecule has 3 aromatic carbocycles. The summed E-state index contributed by atoms with van der Waals surface area (Å²) in [6.07, 6.45) is 1.57. The van der Waals surface area contributed by atoms with E-state index in [0.717, 1.165) is 14.9 Å². The molecule has 0 aliphatic carbocycles. The minimum absolute atomic E-state index is 0.140. The van der Waals surface area contributed by atoms with Gasteiger partial charge in [0.25, 0.3) is 11.8 Å². The molecule has 37 heavy (non-hydrogen) atoms. The number of nitrogens with zero attached hydrogens (tertiary/aromatic N) is 1.